The van der Waals surface area contributed by atoms with Crippen LogP contribution in [0, 0.1) is 0 Å². The SMILES string of the molecule is c1cnc2[nH]c(-c3ccc4nc(-c5cnc6ncoc6c5)oc4c3)nc2c1. The van der Waals surface area contributed by atoms with E-state index in [-0.39, 0.29) is 0 Å². The number of fused-ring (bicyclic) bond motifs is 3. The third kappa shape index (κ3) is 2.20. The van der Waals surface area contributed by atoms with Crippen LogP contribution < -0.4 is 0 Å². The van der Waals surface area contributed by atoms with Gasteiger partial charge in [-0.15, -0.1) is 0 Å². The Bertz CT molecular complexity index is 1410. The van der Waals surface area contributed by atoms with Gasteiger partial charge in [0.15, 0.2) is 28.9 Å². The number of nitrogens with one attached hydrogen (secondary N) is 1. The number of aromatic nitrogens is 6. The van der Waals surface area contributed by atoms with Gasteiger partial charge in [0.05, 0.1) is 5.56 Å². The van der Waals surface area contributed by atoms with E-state index in [1.165, 1.54) is 6.39 Å². The highest BCUT2D eigenvalue weighted by molar-refractivity contribution is 5.83. The van der Waals surface area contributed by atoms with Gasteiger partial charge < -0.3 is 13.8 Å². The number of benzene rings is 1. The monoisotopic (exact) mass is 354 g/mol. The summed E-state index contributed by atoms with van der Waals surface area (Å²) in [6.45, 7) is 0. The smallest absolute Gasteiger partial charge is 0.229 e. The molecule has 1 aromatic carbocycles. The minimum atomic E-state index is 0.472. The summed E-state index contributed by atoms with van der Waals surface area (Å²) in [7, 11) is 0. The summed E-state index contributed by atoms with van der Waals surface area (Å²) >= 11 is 0. The highest BCUT2D eigenvalue weighted by Gasteiger charge is 2.13. The minimum Gasteiger partial charge on any atom is -0.442 e. The highest BCUT2D eigenvalue weighted by atomic mass is 16.3. The second kappa shape index (κ2) is 5.21. The first-order chi connectivity index (χ1) is 13.3. The number of imidazole rings is 1. The molecule has 0 fully saturated rings. The average Bonchev–Trinajstić information content (AvgIpc) is 3.42. The molecule has 8 heteroatoms. The van der Waals surface area contributed by atoms with Crippen LogP contribution in [0.4, 0.5) is 0 Å². The molecule has 0 aliphatic heterocycles. The van der Waals surface area contributed by atoms with Crippen molar-refractivity contribution < 1.29 is 8.83 Å². The fourth-order valence-corrected chi connectivity index (χ4v) is 3.05. The molecule has 0 amide bonds. The van der Waals surface area contributed by atoms with Crippen molar-refractivity contribution in [2.24, 2.45) is 0 Å². The van der Waals surface area contributed by atoms with Crippen LogP contribution in [0.3, 0.4) is 0 Å². The molecular formula is C19H10N6O2. The van der Waals surface area contributed by atoms with Crippen molar-refractivity contribution in [2.75, 3.05) is 0 Å². The van der Waals surface area contributed by atoms with Gasteiger partial charge in [0.2, 0.25) is 5.89 Å². The number of hydrogen-bond acceptors (Lipinski definition) is 7. The Balaban J connectivity index is 1.46. The van der Waals surface area contributed by atoms with E-state index < -0.39 is 0 Å². The van der Waals surface area contributed by atoms with Gasteiger partial charge in [0.1, 0.15) is 16.9 Å². The second-order valence-electron chi connectivity index (χ2n) is 6.06. The Kier molecular flexibility index (Phi) is 2.73. The molecule has 0 radical (unpaired) electrons. The van der Waals surface area contributed by atoms with Crippen molar-refractivity contribution in [3.05, 3.63) is 55.2 Å². The van der Waals surface area contributed by atoms with Crippen LogP contribution in [0.1, 0.15) is 0 Å². The Morgan fingerprint density at radius 2 is 1.81 bits per heavy atom. The number of hydrogen-bond donors (Lipinski definition) is 1. The van der Waals surface area contributed by atoms with Crippen LogP contribution in [0.5, 0.6) is 0 Å². The molecule has 8 nitrogen and oxygen atoms in total. The number of oxazole rings is 2. The molecule has 6 rings (SSSR count). The van der Waals surface area contributed by atoms with Gasteiger partial charge >= 0.3 is 0 Å². The van der Waals surface area contributed by atoms with E-state index in [1.54, 1.807) is 12.4 Å². The predicted octanol–water partition coefficient (Wildman–Crippen LogP) is 3.97. The third-order valence-corrected chi connectivity index (χ3v) is 4.35. The lowest BCUT2D eigenvalue weighted by atomic mass is 10.2. The summed E-state index contributed by atoms with van der Waals surface area (Å²) in [5.41, 5.74) is 5.74. The lowest BCUT2D eigenvalue weighted by Crippen LogP contribution is -1.81. The van der Waals surface area contributed by atoms with E-state index in [0.29, 0.717) is 22.7 Å². The van der Waals surface area contributed by atoms with E-state index >= 15 is 0 Å². The highest BCUT2D eigenvalue weighted by Crippen LogP contribution is 2.29. The summed E-state index contributed by atoms with van der Waals surface area (Å²) in [4.78, 5) is 24.9. The minimum absolute atomic E-state index is 0.472. The standard InChI is InChI=1S/C19H10N6O2/c1-2-13-17(20-5-1)25-16(23-13)10-3-4-12-14(6-10)27-19(24-12)11-7-15-18(21-8-11)22-9-26-15/h1-9H,(H,20,23,25). The number of rotatable bonds is 2. The Morgan fingerprint density at radius 3 is 2.78 bits per heavy atom. The summed E-state index contributed by atoms with van der Waals surface area (Å²) in [5.74, 6) is 1.20. The molecule has 0 aliphatic rings. The van der Waals surface area contributed by atoms with Crippen molar-refractivity contribution in [3.63, 3.8) is 0 Å². The molecule has 0 bridgehead atoms. The van der Waals surface area contributed by atoms with E-state index in [0.717, 1.165) is 33.6 Å². The molecular weight excluding hydrogens is 344 g/mol. The first-order valence-corrected chi connectivity index (χ1v) is 8.25. The van der Waals surface area contributed by atoms with Crippen LogP contribution >= 0.6 is 0 Å². The maximum absolute atomic E-state index is 5.95. The zero-order valence-electron chi connectivity index (χ0n) is 13.7. The normalized spacial score (nSPS) is 11.7. The molecule has 0 unspecified atom stereocenters. The van der Waals surface area contributed by atoms with Crippen molar-refractivity contribution in [2.45, 2.75) is 0 Å². The van der Waals surface area contributed by atoms with Crippen molar-refractivity contribution in [1.29, 1.82) is 0 Å². The van der Waals surface area contributed by atoms with Crippen LogP contribution in [0.25, 0.3) is 56.3 Å². The quantitative estimate of drug-likeness (QED) is 0.501. The Morgan fingerprint density at radius 1 is 0.852 bits per heavy atom. The molecule has 6 aromatic rings. The molecule has 0 saturated carbocycles. The summed E-state index contributed by atoms with van der Waals surface area (Å²) in [6.07, 6.45) is 4.76. The molecule has 0 atom stereocenters. The van der Waals surface area contributed by atoms with Crippen LogP contribution in [-0.4, -0.2) is 29.9 Å². The first-order valence-electron chi connectivity index (χ1n) is 8.25. The maximum atomic E-state index is 5.95. The lowest BCUT2D eigenvalue weighted by Gasteiger charge is -1.95. The first kappa shape index (κ1) is 14.1. The molecule has 0 aliphatic carbocycles. The average molecular weight is 354 g/mol. The molecule has 5 heterocycles. The summed E-state index contributed by atoms with van der Waals surface area (Å²) in [5, 5.41) is 0. The molecule has 0 spiro atoms. The van der Waals surface area contributed by atoms with Gasteiger partial charge in [-0.1, -0.05) is 0 Å². The second-order valence-corrected chi connectivity index (χ2v) is 6.06. The zero-order valence-corrected chi connectivity index (χ0v) is 13.7. The van der Waals surface area contributed by atoms with E-state index in [2.05, 4.69) is 29.9 Å². The lowest BCUT2D eigenvalue weighted by molar-refractivity contribution is 0.600. The summed E-state index contributed by atoms with van der Waals surface area (Å²) in [6, 6.07) is 11.3. The number of aromatic amines is 1. The fourth-order valence-electron chi connectivity index (χ4n) is 3.05. The zero-order chi connectivity index (χ0) is 17.8. The van der Waals surface area contributed by atoms with Crippen molar-refractivity contribution >= 4 is 33.5 Å². The van der Waals surface area contributed by atoms with Crippen molar-refractivity contribution in [1.82, 2.24) is 29.9 Å². The van der Waals surface area contributed by atoms with Gasteiger partial charge in [-0.05, 0) is 36.4 Å². The fraction of sp³-hybridized carbons (Fsp3) is 0. The largest absolute Gasteiger partial charge is 0.442 e. The van der Waals surface area contributed by atoms with Crippen LogP contribution in [0.2, 0.25) is 0 Å². The van der Waals surface area contributed by atoms with Gasteiger partial charge in [0, 0.05) is 18.0 Å². The maximum Gasteiger partial charge on any atom is 0.229 e. The Labute approximate surface area is 150 Å². The Hall–Kier alpha value is -4.07. The van der Waals surface area contributed by atoms with Crippen molar-refractivity contribution in [3.8, 4) is 22.8 Å². The van der Waals surface area contributed by atoms with Crippen LogP contribution in [-0.2, 0) is 0 Å². The number of pyridine rings is 2. The molecule has 5 aromatic heterocycles. The van der Waals surface area contributed by atoms with Gasteiger partial charge in [-0.2, -0.15) is 4.98 Å². The molecule has 1 N–H and O–H groups in total. The molecule has 128 valence electrons. The van der Waals surface area contributed by atoms with Gasteiger partial charge in [0.25, 0.3) is 0 Å². The predicted molar refractivity (Wildman–Crippen MR) is 97.7 cm³/mol. The number of H-pyrrole nitrogens is 1. The van der Waals surface area contributed by atoms with E-state index in [1.807, 2.05) is 36.4 Å². The van der Waals surface area contributed by atoms with Gasteiger partial charge in [-0.3, -0.25) is 0 Å². The molecule has 0 saturated heterocycles. The summed E-state index contributed by atoms with van der Waals surface area (Å²) < 4.78 is 11.2. The number of nitrogens with zero attached hydrogens (tertiary/aromatic N) is 5. The van der Waals surface area contributed by atoms with Crippen LogP contribution in [0.15, 0.2) is 64.0 Å². The topological polar surface area (TPSA) is 107 Å². The van der Waals surface area contributed by atoms with E-state index in [4.69, 9.17) is 8.83 Å². The third-order valence-electron chi connectivity index (χ3n) is 4.35. The molecule has 27 heavy (non-hydrogen) atoms. The van der Waals surface area contributed by atoms with Gasteiger partial charge in [-0.25, -0.2) is 19.9 Å². The van der Waals surface area contributed by atoms with E-state index in [9.17, 15) is 0 Å².